The first-order valence-corrected chi connectivity index (χ1v) is 10.7. The molecule has 3 fully saturated rings. The number of urea groups is 1. The molecule has 6 nitrogen and oxygen atoms in total. The van der Waals surface area contributed by atoms with Gasteiger partial charge in [-0.25, -0.2) is 4.79 Å². The Morgan fingerprint density at radius 1 is 1.12 bits per heavy atom. The van der Waals surface area contributed by atoms with Gasteiger partial charge in [-0.15, -0.1) is 0 Å². The molecule has 0 radical (unpaired) electrons. The fraction of sp³-hybridized carbons (Fsp3) is 0.889. The minimum Gasteiger partial charge on any atom is -0.466 e. The van der Waals surface area contributed by atoms with Gasteiger partial charge in [0.05, 0.1) is 31.4 Å². The smallest absolute Gasteiger partial charge is 0.315 e. The summed E-state index contributed by atoms with van der Waals surface area (Å²) in [6.45, 7) is 1.50. The lowest BCUT2D eigenvalue weighted by molar-refractivity contribution is -0.143. The van der Waals surface area contributed by atoms with Crippen LogP contribution >= 0.6 is 11.8 Å². The van der Waals surface area contributed by atoms with Gasteiger partial charge in [0.15, 0.2) is 0 Å². The Morgan fingerprint density at radius 2 is 1.92 bits per heavy atom. The molecule has 3 saturated heterocycles. The van der Waals surface area contributed by atoms with E-state index in [1.165, 1.54) is 19.3 Å². The molecular weight excluding hydrogens is 340 g/mol. The van der Waals surface area contributed by atoms with Gasteiger partial charge in [0.1, 0.15) is 0 Å². The third kappa shape index (κ3) is 6.37. The molecule has 0 aromatic carbocycles. The molecule has 0 spiro atoms. The Kier molecular flexibility index (Phi) is 7.28. The van der Waals surface area contributed by atoms with Gasteiger partial charge in [-0.05, 0) is 25.7 Å². The van der Waals surface area contributed by atoms with Crippen LogP contribution in [0.3, 0.4) is 0 Å². The van der Waals surface area contributed by atoms with Crippen LogP contribution in [0.1, 0.15) is 57.8 Å². The van der Waals surface area contributed by atoms with Gasteiger partial charge in [0.25, 0.3) is 0 Å². The van der Waals surface area contributed by atoms with Crippen molar-refractivity contribution >= 4 is 23.8 Å². The Hall–Kier alpha value is -0.950. The standard InChI is InChI=1S/C18H30N2O4S/c21-16(23-10-6-2-1-3-7-13-11-24-13)9-5-4-8-15-17-14(12-25-15)19-18(22)20-17/h13-15,17H,1-12H2,(H2,19,20,22)/t13?,14-,15-,17-/m0/s1. The number of fused-ring (bicyclic) bond motifs is 1. The third-order valence-corrected chi connectivity index (χ3v) is 6.65. The molecular formula is C18H30N2O4S. The fourth-order valence-corrected chi connectivity index (χ4v) is 5.12. The average molecular weight is 371 g/mol. The number of epoxide rings is 1. The topological polar surface area (TPSA) is 80.0 Å². The monoisotopic (exact) mass is 370 g/mol. The van der Waals surface area contributed by atoms with Crippen LogP contribution in [0.5, 0.6) is 0 Å². The molecule has 142 valence electrons. The molecule has 3 rings (SSSR count). The van der Waals surface area contributed by atoms with Crippen molar-refractivity contribution in [2.45, 2.75) is 81.2 Å². The molecule has 3 heterocycles. The van der Waals surface area contributed by atoms with Crippen molar-refractivity contribution in [3.05, 3.63) is 0 Å². The lowest BCUT2D eigenvalue weighted by atomic mass is 10.0. The van der Waals surface area contributed by atoms with Crippen LogP contribution in [0.4, 0.5) is 4.79 Å². The second kappa shape index (κ2) is 9.67. The van der Waals surface area contributed by atoms with Crippen LogP contribution in [0.25, 0.3) is 0 Å². The summed E-state index contributed by atoms with van der Waals surface area (Å²) in [7, 11) is 0. The molecule has 3 aliphatic heterocycles. The van der Waals surface area contributed by atoms with Crippen LogP contribution in [-0.4, -0.2) is 54.4 Å². The summed E-state index contributed by atoms with van der Waals surface area (Å²) < 4.78 is 10.5. The Balaban J connectivity index is 1.13. The van der Waals surface area contributed by atoms with Gasteiger partial charge in [0, 0.05) is 17.4 Å². The summed E-state index contributed by atoms with van der Waals surface area (Å²) in [5, 5.41) is 6.43. The summed E-state index contributed by atoms with van der Waals surface area (Å²) in [6, 6.07) is 0.505. The Labute approximate surface area is 154 Å². The second-order valence-electron chi connectivity index (χ2n) is 7.25. The van der Waals surface area contributed by atoms with Crippen molar-refractivity contribution in [1.29, 1.82) is 0 Å². The van der Waals surface area contributed by atoms with Crippen molar-refractivity contribution in [3.63, 3.8) is 0 Å². The molecule has 0 aliphatic carbocycles. The van der Waals surface area contributed by atoms with Gasteiger partial charge in [-0.2, -0.15) is 11.8 Å². The number of hydrogen-bond donors (Lipinski definition) is 2. The molecule has 2 N–H and O–H groups in total. The number of thioether (sulfide) groups is 1. The molecule has 2 amide bonds. The zero-order valence-corrected chi connectivity index (χ0v) is 15.7. The van der Waals surface area contributed by atoms with E-state index in [1.807, 2.05) is 11.8 Å². The number of amides is 2. The SMILES string of the molecule is O=C1N[C@H]2[C@H](CS[C@H]2CCCCC(=O)OCCCCCCC2CO2)N1. The largest absolute Gasteiger partial charge is 0.466 e. The van der Waals surface area contributed by atoms with Crippen molar-refractivity contribution in [1.82, 2.24) is 10.6 Å². The predicted octanol–water partition coefficient (Wildman–Crippen LogP) is 2.60. The third-order valence-electron chi connectivity index (χ3n) is 5.14. The minimum atomic E-state index is -0.0702. The van der Waals surface area contributed by atoms with Crippen LogP contribution in [0.15, 0.2) is 0 Å². The first kappa shape index (κ1) is 18.8. The lowest BCUT2D eigenvalue weighted by Gasteiger charge is -2.16. The predicted molar refractivity (Wildman–Crippen MR) is 97.7 cm³/mol. The molecule has 3 aliphatic rings. The highest BCUT2D eigenvalue weighted by molar-refractivity contribution is 8.00. The highest BCUT2D eigenvalue weighted by Crippen LogP contribution is 2.33. The number of nitrogens with one attached hydrogen (secondary N) is 2. The normalized spacial score (nSPS) is 29.8. The molecule has 7 heteroatoms. The molecule has 0 bridgehead atoms. The fourth-order valence-electron chi connectivity index (χ4n) is 3.58. The number of rotatable bonds is 12. The molecule has 0 saturated carbocycles. The molecule has 0 aromatic rings. The van der Waals surface area contributed by atoms with Gasteiger partial charge in [-0.1, -0.05) is 25.7 Å². The van der Waals surface area contributed by atoms with Crippen molar-refractivity contribution < 1.29 is 19.1 Å². The number of ether oxygens (including phenoxy) is 2. The summed E-state index contributed by atoms with van der Waals surface area (Å²) in [6.07, 6.45) is 9.66. The van der Waals surface area contributed by atoms with E-state index in [1.54, 1.807) is 0 Å². The first-order chi connectivity index (χ1) is 12.2. The lowest BCUT2D eigenvalue weighted by Crippen LogP contribution is -2.36. The zero-order chi connectivity index (χ0) is 17.5. The number of unbranched alkanes of at least 4 members (excludes halogenated alkanes) is 4. The maximum atomic E-state index is 11.7. The average Bonchev–Trinajstić information content (AvgIpc) is 3.24. The molecule has 4 atom stereocenters. The summed E-state index contributed by atoms with van der Waals surface area (Å²) in [4.78, 5) is 23.1. The maximum absolute atomic E-state index is 11.7. The van der Waals surface area contributed by atoms with Crippen LogP contribution in [-0.2, 0) is 14.3 Å². The zero-order valence-electron chi connectivity index (χ0n) is 14.8. The van der Waals surface area contributed by atoms with E-state index in [0.717, 1.165) is 44.5 Å². The molecule has 25 heavy (non-hydrogen) atoms. The van der Waals surface area contributed by atoms with Crippen molar-refractivity contribution in [2.24, 2.45) is 0 Å². The van der Waals surface area contributed by atoms with E-state index >= 15 is 0 Å². The summed E-state index contributed by atoms with van der Waals surface area (Å²) in [5.41, 5.74) is 0. The van der Waals surface area contributed by atoms with Crippen LogP contribution in [0.2, 0.25) is 0 Å². The van der Waals surface area contributed by atoms with E-state index in [9.17, 15) is 9.59 Å². The van der Waals surface area contributed by atoms with Crippen molar-refractivity contribution in [3.8, 4) is 0 Å². The molecule has 0 aromatic heterocycles. The van der Waals surface area contributed by atoms with Gasteiger partial charge >= 0.3 is 12.0 Å². The Bertz CT molecular complexity index is 458. The highest BCUT2D eigenvalue weighted by atomic mass is 32.2. The van der Waals surface area contributed by atoms with Gasteiger partial charge < -0.3 is 20.1 Å². The quantitative estimate of drug-likeness (QED) is 0.239. The van der Waals surface area contributed by atoms with Gasteiger partial charge in [-0.3, -0.25) is 4.79 Å². The van der Waals surface area contributed by atoms with Crippen LogP contribution in [0, 0.1) is 0 Å². The summed E-state index contributed by atoms with van der Waals surface area (Å²) >= 11 is 1.92. The van der Waals surface area contributed by atoms with E-state index in [0.29, 0.717) is 24.4 Å². The number of esters is 1. The van der Waals surface area contributed by atoms with E-state index < -0.39 is 0 Å². The van der Waals surface area contributed by atoms with E-state index in [4.69, 9.17) is 9.47 Å². The van der Waals surface area contributed by atoms with E-state index in [-0.39, 0.29) is 24.1 Å². The summed E-state index contributed by atoms with van der Waals surface area (Å²) in [5.74, 6) is 0.920. The second-order valence-corrected chi connectivity index (χ2v) is 8.52. The number of carbonyl (C=O) groups is 2. The number of hydrogen-bond acceptors (Lipinski definition) is 5. The van der Waals surface area contributed by atoms with Crippen molar-refractivity contribution in [2.75, 3.05) is 19.0 Å². The highest BCUT2D eigenvalue weighted by Gasteiger charge is 2.42. The van der Waals surface area contributed by atoms with Gasteiger partial charge in [0.2, 0.25) is 0 Å². The minimum absolute atomic E-state index is 0.0373. The van der Waals surface area contributed by atoms with E-state index in [2.05, 4.69) is 10.6 Å². The first-order valence-electron chi connectivity index (χ1n) is 9.68. The van der Waals surface area contributed by atoms with Crippen LogP contribution < -0.4 is 10.6 Å². The molecule has 1 unspecified atom stereocenters. The maximum Gasteiger partial charge on any atom is 0.315 e. The Morgan fingerprint density at radius 3 is 2.76 bits per heavy atom. The number of carbonyl (C=O) groups excluding carboxylic acids is 2.